The van der Waals surface area contributed by atoms with Crippen molar-refractivity contribution in [2.75, 3.05) is 18.6 Å². The SMILES string of the molecule is CC[C@@H](c1ccc(-c2n[nH]cc2F)nc1)N(C)c1ccc(-c2cc(OCC(C)(C)O)cn3ncc(C#N)c23)cn1. The lowest BCUT2D eigenvalue weighted by Gasteiger charge is -2.28. The third-order valence-corrected chi connectivity index (χ3v) is 6.58. The van der Waals surface area contributed by atoms with E-state index in [1.54, 1.807) is 43.0 Å². The number of aromatic nitrogens is 6. The summed E-state index contributed by atoms with van der Waals surface area (Å²) in [6, 6.07) is 11.6. The highest BCUT2D eigenvalue weighted by molar-refractivity contribution is 5.85. The largest absolute Gasteiger partial charge is 0.489 e. The van der Waals surface area contributed by atoms with Crippen LogP contribution in [0.1, 0.15) is 44.4 Å². The summed E-state index contributed by atoms with van der Waals surface area (Å²) in [5.41, 5.74) is 3.20. The number of halogens is 1. The summed E-state index contributed by atoms with van der Waals surface area (Å²) < 4.78 is 21.3. The number of nitrogens with zero attached hydrogens (tertiary/aromatic N) is 7. The molecule has 0 unspecified atom stereocenters. The standard InChI is InChI=1S/C29H29FN8O2/c1-5-25(19-6-8-24(32-13-19)27-23(30)15-34-36-27)37(4)26-9-7-18(12-33-26)22-10-21(40-17-29(2,3)39)16-38-28(22)20(11-31)14-35-38/h6-10,12-16,25,39H,5,17H2,1-4H3,(H,34,36)/t25-/m0/s1. The summed E-state index contributed by atoms with van der Waals surface area (Å²) in [6.45, 7) is 5.51. The molecule has 40 heavy (non-hydrogen) atoms. The molecule has 5 rings (SSSR count). The van der Waals surface area contributed by atoms with E-state index in [-0.39, 0.29) is 18.3 Å². The number of aromatic amines is 1. The van der Waals surface area contributed by atoms with Gasteiger partial charge in [0.15, 0.2) is 5.82 Å². The Morgan fingerprint density at radius 2 is 2.02 bits per heavy atom. The van der Waals surface area contributed by atoms with Gasteiger partial charge in [-0.2, -0.15) is 15.5 Å². The molecule has 1 atom stereocenters. The van der Waals surface area contributed by atoms with Crippen LogP contribution >= 0.6 is 0 Å². The predicted molar refractivity (Wildman–Crippen MR) is 148 cm³/mol. The molecule has 0 radical (unpaired) electrons. The fourth-order valence-corrected chi connectivity index (χ4v) is 4.58. The average molecular weight is 541 g/mol. The van der Waals surface area contributed by atoms with Crippen molar-refractivity contribution in [2.24, 2.45) is 0 Å². The summed E-state index contributed by atoms with van der Waals surface area (Å²) >= 11 is 0. The number of hydrogen-bond donors (Lipinski definition) is 2. The Hall–Kier alpha value is -4.82. The maximum atomic E-state index is 13.9. The van der Waals surface area contributed by atoms with Crippen molar-refractivity contribution in [3.63, 3.8) is 0 Å². The van der Waals surface area contributed by atoms with Gasteiger partial charge in [0.2, 0.25) is 0 Å². The molecule has 0 spiro atoms. The van der Waals surface area contributed by atoms with Crippen LogP contribution in [0.15, 0.2) is 61.3 Å². The number of H-pyrrole nitrogens is 1. The number of aliphatic hydroxyl groups is 1. The van der Waals surface area contributed by atoms with Crippen molar-refractivity contribution in [1.82, 2.24) is 29.8 Å². The summed E-state index contributed by atoms with van der Waals surface area (Å²) in [5.74, 6) is 0.811. The van der Waals surface area contributed by atoms with E-state index < -0.39 is 11.4 Å². The summed E-state index contributed by atoms with van der Waals surface area (Å²) in [5, 5.41) is 30.5. The van der Waals surface area contributed by atoms with Crippen LogP contribution in [0.3, 0.4) is 0 Å². The molecule has 0 aliphatic rings. The van der Waals surface area contributed by atoms with Crippen LogP contribution in [0.2, 0.25) is 0 Å². The number of nitriles is 1. The van der Waals surface area contributed by atoms with Crippen molar-refractivity contribution in [2.45, 2.75) is 38.8 Å². The van der Waals surface area contributed by atoms with Crippen LogP contribution in [-0.2, 0) is 0 Å². The third kappa shape index (κ3) is 5.34. The quantitative estimate of drug-likeness (QED) is 0.269. The zero-order valence-electron chi connectivity index (χ0n) is 22.6. The molecule has 11 heteroatoms. The van der Waals surface area contributed by atoms with Gasteiger partial charge in [0.25, 0.3) is 0 Å². The fourth-order valence-electron chi connectivity index (χ4n) is 4.58. The maximum absolute atomic E-state index is 13.9. The van der Waals surface area contributed by atoms with Gasteiger partial charge in [-0.05, 0) is 50.1 Å². The number of nitrogens with one attached hydrogen (secondary N) is 1. The minimum absolute atomic E-state index is 0.0192. The Kier molecular flexibility index (Phi) is 7.19. The third-order valence-electron chi connectivity index (χ3n) is 6.58. The van der Waals surface area contributed by atoms with E-state index in [2.05, 4.69) is 38.2 Å². The summed E-state index contributed by atoms with van der Waals surface area (Å²) in [4.78, 5) is 11.2. The summed E-state index contributed by atoms with van der Waals surface area (Å²) in [7, 11) is 1.96. The minimum atomic E-state index is -1.01. The van der Waals surface area contributed by atoms with Crippen molar-refractivity contribution in [3.05, 3.63) is 78.3 Å². The zero-order chi connectivity index (χ0) is 28.4. The Morgan fingerprint density at radius 3 is 2.62 bits per heavy atom. The normalized spacial score (nSPS) is 12.3. The van der Waals surface area contributed by atoms with E-state index in [1.807, 2.05) is 31.3 Å². The Morgan fingerprint density at radius 1 is 1.20 bits per heavy atom. The predicted octanol–water partition coefficient (Wildman–Crippen LogP) is 4.93. The van der Waals surface area contributed by atoms with Crippen molar-refractivity contribution in [3.8, 4) is 34.3 Å². The van der Waals surface area contributed by atoms with Crippen LogP contribution in [0.25, 0.3) is 28.0 Å². The Labute approximate surface area is 230 Å². The van der Waals surface area contributed by atoms with Gasteiger partial charge in [-0.25, -0.2) is 13.9 Å². The van der Waals surface area contributed by atoms with Crippen LogP contribution in [-0.4, -0.2) is 54.1 Å². The van der Waals surface area contributed by atoms with E-state index in [4.69, 9.17) is 9.72 Å². The molecule has 0 aliphatic heterocycles. The van der Waals surface area contributed by atoms with Gasteiger partial charge < -0.3 is 14.7 Å². The van der Waals surface area contributed by atoms with Gasteiger partial charge >= 0.3 is 0 Å². The highest BCUT2D eigenvalue weighted by atomic mass is 19.1. The molecule has 0 bridgehead atoms. The first-order valence-corrected chi connectivity index (χ1v) is 12.8. The molecule has 0 saturated heterocycles. The first-order valence-electron chi connectivity index (χ1n) is 12.8. The molecule has 0 saturated carbocycles. The molecule has 5 heterocycles. The first-order chi connectivity index (χ1) is 19.2. The van der Waals surface area contributed by atoms with Crippen LogP contribution in [0, 0.1) is 17.1 Å². The number of pyridine rings is 3. The molecule has 204 valence electrons. The van der Waals surface area contributed by atoms with Gasteiger partial charge in [0.1, 0.15) is 29.9 Å². The minimum Gasteiger partial charge on any atom is -0.489 e. The van der Waals surface area contributed by atoms with E-state index in [9.17, 15) is 14.8 Å². The van der Waals surface area contributed by atoms with Crippen LogP contribution < -0.4 is 9.64 Å². The molecule has 0 aromatic carbocycles. The first kappa shape index (κ1) is 26.8. The van der Waals surface area contributed by atoms with Gasteiger partial charge in [-0.3, -0.25) is 10.1 Å². The highest BCUT2D eigenvalue weighted by Crippen LogP contribution is 2.33. The number of fused-ring (bicyclic) bond motifs is 1. The second-order valence-corrected chi connectivity index (χ2v) is 10.2. The molecule has 5 aromatic rings. The lowest BCUT2D eigenvalue weighted by atomic mass is 10.0. The van der Waals surface area contributed by atoms with Crippen molar-refractivity contribution < 1.29 is 14.2 Å². The maximum Gasteiger partial charge on any atom is 0.170 e. The zero-order valence-corrected chi connectivity index (χ0v) is 22.6. The van der Waals surface area contributed by atoms with Gasteiger partial charge in [-0.1, -0.05) is 13.0 Å². The van der Waals surface area contributed by atoms with Gasteiger partial charge in [0.05, 0.1) is 47.0 Å². The number of anilines is 1. The Balaban J connectivity index is 1.43. The molecule has 0 amide bonds. The molecule has 0 aliphatic carbocycles. The van der Waals surface area contributed by atoms with Crippen molar-refractivity contribution >= 4 is 11.3 Å². The molecule has 10 nitrogen and oxygen atoms in total. The molecule has 0 fully saturated rings. The molecular formula is C29H29FN8O2. The average Bonchev–Trinajstić information content (AvgIpc) is 3.57. The summed E-state index contributed by atoms with van der Waals surface area (Å²) in [6.07, 6.45) is 8.68. The lowest BCUT2D eigenvalue weighted by Crippen LogP contribution is -2.27. The lowest BCUT2D eigenvalue weighted by molar-refractivity contribution is 0.0283. The second kappa shape index (κ2) is 10.7. The van der Waals surface area contributed by atoms with Gasteiger partial charge in [-0.15, -0.1) is 0 Å². The van der Waals surface area contributed by atoms with E-state index in [0.717, 1.165) is 28.9 Å². The fraction of sp³-hybridized carbons (Fsp3) is 0.276. The van der Waals surface area contributed by atoms with E-state index in [1.165, 1.54) is 12.4 Å². The molecule has 2 N–H and O–H groups in total. The number of rotatable bonds is 9. The van der Waals surface area contributed by atoms with E-state index in [0.29, 0.717) is 22.5 Å². The number of ether oxygens (including phenoxy) is 1. The van der Waals surface area contributed by atoms with Gasteiger partial charge in [0, 0.05) is 30.6 Å². The van der Waals surface area contributed by atoms with Crippen LogP contribution in [0.5, 0.6) is 5.75 Å². The van der Waals surface area contributed by atoms with Crippen LogP contribution in [0.4, 0.5) is 10.2 Å². The molecular weight excluding hydrogens is 511 g/mol. The molecule has 5 aromatic heterocycles. The van der Waals surface area contributed by atoms with Crippen molar-refractivity contribution in [1.29, 1.82) is 5.26 Å². The monoisotopic (exact) mass is 540 g/mol. The second-order valence-electron chi connectivity index (χ2n) is 10.2. The van der Waals surface area contributed by atoms with E-state index >= 15 is 0 Å². The Bertz CT molecular complexity index is 1660. The number of hydrogen-bond acceptors (Lipinski definition) is 8. The topological polar surface area (TPSA) is 128 Å². The smallest absolute Gasteiger partial charge is 0.170 e. The highest BCUT2D eigenvalue weighted by Gasteiger charge is 2.20.